The van der Waals surface area contributed by atoms with Crippen molar-refractivity contribution in [2.24, 2.45) is 0 Å². The van der Waals surface area contributed by atoms with E-state index in [4.69, 9.17) is 17.3 Å². The summed E-state index contributed by atoms with van der Waals surface area (Å²) < 4.78 is 0. The molecule has 2 rings (SSSR count). The quantitative estimate of drug-likeness (QED) is 0.856. The van der Waals surface area contributed by atoms with Crippen molar-refractivity contribution in [3.8, 4) is 0 Å². The third-order valence-electron chi connectivity index (χ3n) is 2.90. The van der Waals surface area contributed by atoms with Crippen LogP contribution < -0.4 is 11.1 Å². The smallest absolute Gasteiger partial charge is 0.153 e. The van der Waals surface area contributed by atoms with Gasteiger partial charge in [-0.15, -0.1) is 0 Å². The molecule has 19 heavy (non-hydrogen) atoms. The van der Waals surface area contributed by atoms with E-state index in [0.717, 1.165) is 5.69 Å². The predicted molar refractivity (Wildman–Crippen MR) is 82.1 cm³/mol. The van der Waals surface area contributed by atoms with E-state index in [1.54, 1.807) is 12.3 Å². The molecule has 0 aliphatic carbocycles. The highest BCUT2D eigenvalue weighted by molar-refractivity contribution is 6.30. The van der Waals surface area contributed by atoms with E-state index in [2.05, 4.69) is 43.2 Å². The first-order valence-corrected chi connectivity index (χ1v) is 6.52. The summed E-state index contributed by atoms with van der Waals surface area (Å²) in [4.78, 5) is 4.18. The molecule has 0 radical (unpaired) electrons. The fourth-order valence-corrected chi connectivity index (χ4v) is 1.92. The Balaban J connectivity index is 2.20. The van der Waals surface area contributed by atoms with Crippen molar-refractivity contribution in [1.29, 1.82) is 0 Å². The standard InChI is InChI=1S/C15H18ClN3/c1-15(2,3)10-4-6-12(7-5-10)19-14-13(17)8-11(16)9-18-14/h4-9H,17H2,1-3H3,(H,18,19). The molecular weight excluding hydrogens is 258 g/mol. The Morgan fingerprint density at radius 2 is 1.79 bits per heavy atom. The lowest BCUT2D eigenvalue weighted by Gasteiger charge is -2.19. The lowest BCUT2D eigenvalue weighted by molar-refractivity contribution is 0.590. The number of aromatic nitrogens is 1. The maximum Gasteiger partial charge on any atom is 0.153 e. The van der Waals surface area contributed by atoms with Crippen LogP contribution in [-0.4, -0.2) is 4.98 Å². The van der Waals surface area contributed by atoms with E-state index in [1.807, 2.05) is 12.1 Å². The van der Waals surface area contributed by atoms with Gasteiger partial charge in [0, 0.05) is 11.9 Å². The van der Waals surface area contributed by atoms with Gasteiger partial charge in [0.15, 0.2) is 5.82 Å². The Morgan fingerprint density at radius 3 is 2.32 bits per heavy atom. The molecule has 1 aromatic heterocycles. The lowest BCUT2D eigenvalue weighted by Crippen LogP contribution is -2.10. The van der Waals surface area contributed by atoms with Gasteiger partial charge >= 0.3 is 0 Å². The van der Waals surface area contributed by atoms with Gasteiger partial charge in [0.2, 0.25) is 0 Å². The van der Waals surface area contributed by atoms with Crippen LogP contribution in [0.15, 0.2) is 36.5 Å². The SMILES string of the molecule is CC(C)(C)c1ccc(Nc2ncc(Cl)cc2N)cc1. The minimum Gasteiger partial charge on any atom is -0.396 e. The number of pyridine rings is 1. The number of nitrogen functional groups attached to an aromatic ring is 1. The summed E-state index contributed by atoms with van der Waals surface area (Å²) in [5, 5.41) is 3.72. The van der Waals surface area contributed by atoms with Crippen LogP contribution >= 0.6 is 11.6 Å². The zero-order valence-electron chi connectivity index (χ0n) is 11.4. The third kappa shape index (κ3) is 3.38. The second kappa shape index (κ2) is 5.10. The molecule has 0 spiro atoms. The molecule has 0 fully saturated rings. The van der Waals surface area contributed by atoms with Crippen molar-refractivity contribution in [1.82, 2.24) is 4.98 Å². The molecule has 0 saturated carbocycles. The molecule has 0 atom stereocenters. The van der Waals surface area contributed by atoms with Crippen LogP contribution in [0.1, 0.15) is 26.3 Å². The first kappa shape index (κ1) is 13.7. The highest BCUT2D eigenvalue weighted by atomic mass is 35.5. The molecule has 0 amide bonds. The largest absolute Gasteiger partial charge is 0.396 e. The molecule has 0 bridgehead atoms. The lowest BCUT2D eigenvalue weighted by atomic mass is 9.87. The number of nitrogens with zero attached hydrogens (tertiary/aromatic N) is 1. The van der Waals surface area contributed by atoms with E-state index in [1.165, 1.54) is 5.56 Å². The Morgan fingerprint density at radius 1 is 1.16 bits per heavy atom. The number of hydrogen-bond acceptors (Lipinski definition) is 3. The first-order valence-electron chi connectivity index (χ1n) is 6.15. The Labute approximate surface area is 118 Å². The average Bonchev–Trinajstić information content (AvgIpc) is 2.32. The van der Waals surface area contributed by atoms with Crippen LogP contribution in [0.5, 0.6) is 0 Å². The molecule has 0 unspecified atom stereocenters. The number of rotatable bonds is 2. The van der Waals surface area contributed by atoms with Gasteiger partial charge in [-0.1, -0.05) is 44.5 Å². The zero-order chi connectivity index (χ0) is 14.0. The van der Waals surface area contributed by atoms with Gasteiger partial charge in [0.05, 0.1) is 10.7 Å². The molecule has 0 aliphatic rings. The van der Waals surface area contributed by atoms with Crippen molar-refractivity contribution in [2.45, 2.75) is 26.2 Å². The fraction of sp³-hybridized carbons (Fsp3) is 0.267. The van der Waals surface area contributed by atoms with Crippen molar-refractivity contribution in [3.05, 3.63) is 47.1 Å². The molecule has 0 saturated heterocycles. The van der Waals surface area contributed by atoms with Gasteiger partial charge in [0.25, 0.3) is 0 Å². The van der Waals surface area contributed by atoms with E-state index >= 15 is 0 Å². The molecule has 3 nitrogen and oxygen atoms in total. The van der Waals surface area contributed by atoms with Gasteiger partial charge in [-0.3, -0.25) is 0 Å². The van der Waals surface area contributed by atoms with E-state index in [9.17, 15) is 0 Å². The summed E-state index contributed by atoms with van der Waals surface area (Å²) in [6.07, 6.45) is 1.57. The monoisotopic (exact) mass is 275 g/mol. The molecule has 4 heteroatoms. The summed E-state index contributed by atoms with van der Waals surface area (Å²) in [5.41, 5.74) is 8.78. The number of halogens is 1. The van der Waals surface area contributed by atoms with Gasteiger partial charge in [-0.05, 0) is 29.2 Å². The first-order chi connectivity index (χ1) is 8.86. The number of nitrogens with one attached hydrogen (secondary N) is 1. The molecular formula is C15H18ClN3. The topological polar surface area (TPSA) is 50.9 Å². The number of hydrogen-bond donors (Lipinski definition) is 2. The second-order valence-corrected chi connectivity index (χ2v) is 5.98. The normalized spacial score (nSPS) is 11.4. The molecule has 2 aromatic rings. The molecule has 1 heterocycles. The summed E-state index contributed by atoms with van der Waals surface area (Å²) in [5.74, 6) is 0.618. The second-order valence-electron chi connectivity index (χ2n) is 5.54. The van der Waals surface area contributed by atoms with Crippen LogP contribution in [-0.2, 0) is 5.41 Å². The number of anilines is 3. The van der Waals surface area contributed by atoms with Crippen molar-refractivity contribution >= 4 is 28.8 Å². The van der Waals surface area contributed by atoms with Gasteiger partial charge < -0.3 is 11.1 Å². The summed E-state index contributed by atoms with van der Waals surface area (Å²) >= 11 is 5.82. The minimum absolute atomic E-state index is 0.149. The summed E-state index contributed by atoms with van der Waals surface area (Å²) in [7, 11) is 0. The summed E-state index contributed by atoms with van der Waals surface area (Å²) in [6, 6.07) is 9.94. The highest BCUT2D eigenvalue weighted by Gasteiger charge is 2.13. The van der Waals surface area contributed by atoms with E-state index in [-0.39, 0.29) is 5.41 Å². The van der Waals surface area contributed by atoms with Crippen molar-refractivity contribution in [2.75, 3.05) is 11.1 Å². The Kier molecular flexibility index (Phi) is 3.67. The average molecular weight is 276 g/mol. The van der Waals surface area contributed by atoms with Crippen LogP contribution in [0.2, 0.25) is 5.02 Å². The minimum atomic E-state index is 0.149. The van der Waals surface area contributed by atoms with Gasteiger partial charge in [-0.2, -0.15) is 0 Å². The summed E-state index contributed by atoms with van der Waals surface area (Å²) in [6.45, 7) is 6.57. The molecule has 1 aromatic carbocycles. The van der Waals surface area contributed by atoms with Crippen molar-refractivity contribution < 1.29 is 0 Å². The van der Waals surface area contributed by atoms with Crippen molar-refractivity contribution in [3.63, 3.8) is 0 Å². The maximum atomic E-state index is 5.86. The number of nitrogens with two attached hydrogens (primary N) is 1. The van der Waals surface area contributed by atoms with Crippen LogP contribution in [0.25, 0.3) is 0 Å². The molecule has 100 valence electrons. The van der Waals surface area contributed by atoms with Gasteiger partial charge in [0.1, 0.15) is 0 Å². The maximum absolute atomic E-state index is 5.86. The van der Waals surface area contributed by atoms with E-state index < -0.39 is 0 Å². The van der Waals surface area contributed by atoms with Crippen LogP contribution in [0.4, 0.5) is 17.2 Å². The van der Waals surface area contributed by atoms with Crippen LogP contribution in [0.3, 0.4) is 0 Å². The zero-order valence-corrected chi connectivity index (χ0v) is 12.1. The van der Waals surface area contributed by atoms with Gasteiger partial charge in [-0.25, -0.2) is 4.98 Å². The molecule has 3 N–H and O–H groups in total. The number of benzene rings is 1. The van der Waals surface area contributed by atoms with Crippen LogP contribution in [0, 0.1) is 0 Å². The van der Waals surface area contributed by atoms with E-state index in [0.29, 0.717) is 16.5 Å². The highest BCUT2D eigenvalue weighted by Crippen LogP contribution is 2.26. The predicted octanol–water partition coefficient (Wildman–Crippen LogP) is 4.36. The molecule has 0 aliphatic heterocycles. The Bertz CT molecular complexity index is 571. The third-order valence-corrected chi connectivity index (χ3v) is 3.10. The Hall–Kier alpha value is -1.74. The fourth-order valence-electron chi connectivity index (χ4n) is 1.75.